The van der Waals surface area contributed by atoms with Crippen molar-refractivity contribution in [2.75, 3.05) is 7.05 Å². The number of hydrogen-bond acceptors (Lipinski definition) is 2. The molecule has 0 radical (unpaired) electrons. The summed E-state index contributed by atoms with van der Waals surface area (Å²) >= 11 is 8.03. The zero-order valence-corrected chi connectivity index (χ0v) is 13.2. The Balaban J connectivity index is 2.22. The molecule has 1 N–H and O–H groups in total. The molecular weight excluding hydrogens is 274 g/mol. The van der Waals surface area contributed by atoms with Crippen molar-refractivity contribution in [3.63, 3.8) is 0 Å². The van der Waals surface area contributed by atoms with Crippen molar-refractivity contribution in [2.24, 2.45) is 0 Å². The molecule has 1 atom stereocenters. The van der Waals surface area contributed by atoms with Gasteiger partial charge < -0.3 is 5.32 Å². The van der Waals surface area contributed by atoms with E-state index in [-0.39, 0.29) is 0 Å². The Labute approximate surface area is 124 Å². The van der Waals surface area contributed by atoms with Gasteiger partial charge in [0, 0.05) is 27.2 Å². The Morgan fingerprint density at radius 2 is 1.95 bits per heavy atom. The molecule has 1 nitrogen and oxygen atoms in total. The second-order valence-electron chi connectivity index (χ2n) is 4.77. The Morgan fingerprint density at radius 1 is 1.21 bits per heavy atom. The van der Waals surface area contributed by atoms with E-state index in [2.05, 4.69) is 43.4 Å². The van der Waals surface area contributed by atoms with Crippen LogP contribution in [-0.2, 0) is 12.8 Å². The highest BCUT2D eigenvalue weighted by Crippen LogP contribution is 2.27. The highest BCUT2D eigenvalue weighted by molar-refractivity contribution is 7.11. The summed E-state index contributed by atoms with van der Waals surface area (Å²) in [5.41, 5.74) is 2.58. The molecule has 2 aromatic rings. The van der Waals surface area contributed by atoms with E-state index in [1.54, 1.807) is 0 Å². The average Bonchev–Trinajstić information content (AvgIpc) is 2.87. The van der Waals surface area contributed by atoms with Crippen molar-refractivity contribution in [1.82, 2.24) is 5.32 Å². The van der Waals surface area contributed by atoms with E-state index in [4.69, 9.17) is 11.6 Å². The number of hydrogen-bond donors (Lipinski definition) is 1. The van der Waals surface area contributed by atoms with Gasteiger partial charge in [0.15, 0.2) is 0 Å². The fourth-order valence-electron chi connectivity index (χ4n) is 2.28. The molecule has 0 aliphatic rings. The minimum atomic E-state index is 0.321. The normalized spacial score (nSPS) is 12.6. The Bertz CT molecular complexity index is 547. The summed E-state index contributed by atoms with van der Waals surface area (Å²) in [5.74, 6) is 0. The Kier molecular flexibility index (Phi) is 5.03. The first kappa shape index (κ1) is 14.6. The zero-order chi connectivity index (χ0) is 13.8. The van der Waals surface area contributed by atoms with Crippen LogP contribution in [0.3, 0.4) is 0 Å². The first-order chi connectivity index (χ1) is 9.13. The van der Waals surface area contributed by atoms with Crippen molar-refractivity contribution in [1.29, 1.82) is 0 Å². The van der Waals surface area contributed by atoms with Crippen molar-refractivity contribution in [3.05, 3.63) is 56.2 Å². The van der Waals surface area contributed by atoms with Gasteiger partial charge in [0.2, 0.25) is 0 Å². The molecule has 3 heteroatoms. The van der Waals surface area contributed by atoms with Crippen LogP contribution < -0.4 is 5.32 Å². The molecule has 19 heavy (non-hydrogen) atoms. The summed E-state index contributed by atoms with van der Waals surface area (Å²) in [6, 6.07) is 10.9. The van der Waals surface area contributed by atoms with Crippen LogP contribution >= 0.6 is 22.9 Å². The van der Waals surface area contributed by atoms with E-state index in [0.29, 0.717) is 6.04 Å². The van der Waals surface area contributed by atoms with Gasteiger partial charge in [0.05, 0.1) is 0 Å². The molecule has 1 aromatic carbocycles. The summed E-state index contributed by atoms with van der Waals surface area (Å²) in [5, 5.41) is 4.22. The number of thiophene rings is 1. The molecule has 0 saturated heterocycles. The summed E-state index contributed by atoms with van der Waals surface area (Å²) in [6.07, 6.45) is 2.13. The predicted molar refractivity (Wildman–Crippen MR) is 85.4 cm³/mol. The fourth-order valence-corrected chi connectivity index (χ4v) is 3.46. The quantitative estimate of drug-likeness (QED) is 0.837. The molecule has 0 aliphatic heterocycles. The largest absolute Gasteiger partial charge is 0.313 e. The van der Waals surface area contributed by atoms with Gasteiger partial charge in [-0.1, -0.05) is 24.6 Å². The molecule has 0 fully saturated rings. The molecule has 2 rings (SSSR count). The van der Waals surface area contributed by atoms with E-state index >= 15 is 0 Å². The van der Waals surface area contributed by atoms with E-state index in [1.165, 1.54) is 20.9 Å². The van der Waals surface area contributed by atoms with Crippen LogP contribution in [0, 0.1) is 6.92 Å². The van der Waals surface area contributed by atoms with Crippen molar-refractivity contribution >= 4 is 22.9 Å². The van der Waals surface area contributed by atoms with Crippen LogP contribution in [0.1, 0.15) is 33.8 Å². The molecule has 1 heterocycles. The molecule has 0 amide bonds. The molecule has 1 unspecified atom stereocenters. The Hall–Kier alpha value is -0.830. The molecule has 102 valence electrons. The summed E-state index contributed by atoms with van der Waals surface area (Å²) in [7, 11) is 2.01. The minimum absolute atomic E-state index is 0.321. The lowest BCUT2D eigenvalue weighted by Crippen LogP contribution is -2.19. The maximum absolute atomic E-state index is 6.12. The maximum Gasteiger partial charge on any atom is 0.0409 e. The third kappa shape index (κ3) is 3.59. The number of aryl methyl sites for hydroxylation is 2. The van der Waals surface area contributed by atoms with Crippen molar-refractivity contribution < 1.29 is 0 Å². The van der Waals surface area contributed by atoms with Crippen LogP contribution in [-0.4, -0.2) is 7.05 Å². The first-order valence-electron chi connectivity index (χ1n) is 6.65. The predicted octanol–water partition coefficient (Wildman–Crippen LogP) is 4.78. The number of benzene rings is 1. The lowest BCUT2D eigenvalue weighted by Gasteiger charge is -2.18. The SMILES string of the molecule is CCc1ccc(CC(NC)c2cc(Cl)ccc2C)s1. The standard InChI is InChI=1S/C16H20ClNS/c1-4-13-7-8-14(19-13)10-16(18-3)15-9-12(17)6-5-11(15)2/h5-9,16,18H,4,10H2,1-3H3. The van der Waals surface area contributed by atoms with Crippen molar-refractivity contribution in [3.8, 4) is 0 Å². The van der Waals surface area contributed by atoms with Gasteiger partial charge in [0.1, 0.15) is 0 Å². The number of nitrogens with one attached hydrogen (secondary N) is 1. The molecule has 1 aromatic heterocycles. The molecule has 0 spiro atoms. The third-order valence-corrected chi connectivity index (χ3v) is 4.92. The molecule has 0 aliphatic carbocycles. The lowest BCUT2D eigenvalue weighted by molar-refractivity contribution is 0.593. The van der Waals surface area contributed by atoms with Gasteiger partial charge in [-0.25, -0.2) is 0 Å². The Morgan fingerprint density at radius 3 is 2.58 bits per heavy atom. The van der Waals surface area contributed by atoms with Gasteiger partial charge in [-0.3, -0.25) is 0 Å². The van der Waals surface area contributed by atoms with E-state index in [9.17, 15) is 0 Å². The van der Waals surface area contributed by atoms with Gasteiger partial charge >= 0.3 is 0 Å². The smallest absolute Gasteiger partial charge is 0.0409 e. The van der Waals surface area contributed by atoms with Gasteiger partial charge in [-0.2, -0.15) is 0 Å². The number of rotatable bonds is 5. The van der Waals surface area contributed by atoms with Gasteiger partial charge in [-0.15, -0.1) is 11.3 Å². The van der Waals surface area contributed by atoms with E-state index in [0.717, 1.165) is 17.9 Å². The monoisotopic (exact) mass is 293 g/mol. The second kappa shape index (κ2) is 6.56. The minimum Gasteiger partial charge on any atom is -0.313 e. The lowest BCUT2D eigenvalue weighted by atomic mass is 9.98. The van der Waals surface area contributed by atoms with Crippen LogP contribution in [0.25, 0.3) is 0 Å². The average molecular weight is 294 g/mol. The first-order valence-corrected chi connectivity index (χ1v) is 7.84. The van der Waals surface area contributed by atoms with Gasteiger partial charge in [0.25, 0.3) is 0 Å². The molecular formula is C16H20ClNS. The topological polar surface area (TPSA) is 12.0 Å². The highest BCUT2D eigenvalue weighted by Gasteiger charge is 2.14. The molecule has 0 saturated carbocycles. The maximum atomic E-state index is 6.12. The highest BCUT2D eigenvalue weighted by atomic mass is 35.5. The van der Waals surface area contributed by atoms with Crippen LogP contribution in [0.2, 0.25) is 5.02 Å². The number of halogens is 1. The zero-order valence-electron chi connectivity index (χ0n) is 11.7. The number of likely N-dealkylation sites (N-methyl/N-ethyl adjacent to an activating group) is 1. The van der Waals surface area contributed by atoms with Crippen LogP contribution in [0.5, 0.6) is 0 Å². The van der Waals surface area contributed by atoms with E-state index < -0.39 is 0 Å². The van der Waals surface area contributed by atoms with Crippen LogP contribution in [0.4, 0.5) is 0 Å². The third-order valence-electron chi connectivity index (χ3n) is 3.44. The summed E-state index contributed by atoms with van der Waals surface area (Å²) in [6.45, 7) is 4.34. The second-order valence-corrected chi connectivity index (χ2v) is 6.46. The van der Waals surface area contributed by atoms with E-state index in [1.807, 2.05) is 24.5 Å². The molecule has 0 bridgehead atoms. The van der Waals surface area contributed by atoms with Gasteiger partial charge in [-0.05, 0) is 55.8 Å². The summed E-state index contributed by atoms with van der Waals surface area (Å²) in [4.78, 5) is 2.88. The van der Waals surface area contributed by atoms with Crippen molar-refractivity contribution in [2.45, 2.75) is 32.7 Å². The fraction of sp³-hybridized carbons (Fsp3) is 0.375. The van der Waals surface area contributed by atoms with Crippen LogP contribution in [0.15, 0.2) is 30.3 Å². The summed E-state index contributed by atoms with van der Waals surface area (Å²) < 4.78 is 0.